The third-order valence-electron chi connectivity index (χ3n) is 16.3. The fourth-order valence-electron chi connectivity index (χ4n) is 10.9. The molecule has 464 valence electrons. The van der Waals surface area contributed by atoms with Gasteiger partial charge < -0.3 is 20.3 Å². The second-order valence-electron chi connectivity index (χ2n) is 24.2. The molecule has 0 aromatic carbocycles. The number of unbranched alkanes of at least 4 members (excludes halogenated alkanes) is 49. The van der Waals surface area contributed by atoms with Crippen molar-refractivity contribution >= 4 is 11.9 Å². The third-order valence-corrected chi connectivity index (χ3v) is 16.3. The number of amides is 1. The number of rotatable bonds is 66. The van der Waals surface area contributed by atoms with Gasteiger partial charge in [0.1, 0.15) is 0 Å². The van der Waals surface area contributed by atoms with Crippen LogP contribution in [0.4, 0.5) is 0 Å². The molecule has 0 aliphatic heterocycles. The molecule has 0 aromatic heterocycles. The normalized spacial score (nSPS) is 12.8. The van der Waals surface area contributed by atoms with Gasteiger partial charge in [-0.2, -0.15) is 0 Å². The lowest BCUT2D eigenvalue weighted by Gasteiger charge is -2.20. The monoisotopic (exact) mass is 1110 g/mol. The predicted octanol–water partition coefficient (Wildman–Crippen LogP) is 22.9. The van der Waals surface area contributed by atoms with Crippen LogP contribution in [-0.2, 0) is 14.3 Å². The van der Waals surface area contributed by atoms with Crippen molar-refractivity contribution in [3.05, 3.63) is 48.6 Å². The molecule has 79 heavy (non-hydrogen) atoms. The van der Waals surface area contributed by atoms with Gasteiger partial charge in [-0.1, -0.05) is 326 Å². The van der Waals surface area contributed by atoms with Crippen LogP contribution < -0.4 is 5.32 Å². The SMILES string of the molecule is CCCCCCCCC/C=C\CCCCCCCCCC(=O)OCCCCCCCCCCC/C=C\C/C=C\CCCCCCCCCC(=O)NC(CO)C(O)/C=C/CCCCCCCCCCCCCCCCCCCCC. The smallest absolute Gasteiger partial charge is 0.305 e. The average Bonchev–Trinajstić information content (AvgIpc) is 3.45. The van der Waals surface area contributed by atoms with Crippen molar-refractivity contribution in [2.75, 3.05) is 13.2 Å². The summed E-state index contributed by atoms with van der Waals surface area (Å²) in [6.45, 7) is 4.92. The van der Waals surface area contributed by atoms with E-state index in [9.17, 15) is 19.8 Å². The van der Waals surface area contributed by atoms with Gasteiger partial charge in [-0.3, -0.25) is 9.59 Å². The van der Waals surface area contributed by atoms with Crippen molar-refractivity contribution in [3.8, 4) is 0 Å². The van der Waals surface area contributed by atoms with E-state index in [4.69, 9.17) is 4.74 Å². The average molecular weight is 1110 g/mol. The highest BCUT2D eigenvalue weighted by Crippen LogP contribution is 2.18. The quantitative estimate of drug-likeness (QED) is 0.0320. The highest BCUT2D eigenvalue weighted by Gasteiger charge is 2.18. The molecule has 2 unspecified atom stereocenters. The second kappa shape index (κ2) is 68.3. The largest absolute Gasteiger partial charge is 0.466 e. The molecular formula is C73H137NO5. The number of nitrogens with one attached hydrogen (secondary N) is 1. The molecule has 0 aromatic rings. The summed E-state index contributed by atoms with van der Waals surface area (Å²) in [5.41, 5.74) is 0. The van der Waals surface area contributed by atoms with E-state index in [0.29, 0.717) is 19.4 Å². The molecule has 0 spiro atoms. The molecule has 0 fully saturated rings. The van der Waals surface area contributed by atoms with Crippen molar-refractivity contribution in [1.82, 2.24) is 5.32 Å². The summed E-state index contributed by atoms with van der Waals surface area (Å²) in [6.07, 6.45) is 88.9. The Morgan fingerprint density at radius 3 is 0.975 bits per heavy atom. The molecular weight excluding hydrogens is 971 g/mol. The molecule has 0 heterocycles. The number of hydrogen-bond acceptors (Lipinski definition) is 5. The van der Waals surface area contributed by atoms with Crippen LogP contribution in [-0.4, -0.2) is 47.4 Å². The molecule has 1 amide bonds. The van der Waals surface area contributed by atoms with Gasteiger partial charge in [-0.15, -0.1) is 0 Å². The van der Waals surface area contributed by atoms with E-state index < -0.39 is 12.1 Å². The zero-order chi connectivity index (χ0) is 57.1. The van der Waals surface area contributed by atoms with E-state index in [-0.39, 0.29) is 18.5 Å². The van der Waals surface area contributed by atoms with Gasteiger partial charge in [0.25, 0.3) is 0 Å². The van der Waals surface area contributed by atoms with Crippen molar-refractivity contribution < 1.29 is 24.5 Å². The van der Waals surface area contributed by atoms with E-state index >= 15 is 0 Å². The van der Waals surface area contributed by atoms with E-state index in [1.807, 2.05) is 6.08 Å². The summed E-state index contributed by atoms with van der Waals surface area (Å²) in [6, 6.07) is -0.638. The Morgan fingerprint density at radius 2 is 0.633 bits per heavy atom. The zero-order valence-corrected chi connectivity index (χ0v) is 53.1. The lowest BCUT2D eigenvalue weighted by molar-refractivity contribution is -0.143. The van der Waals surface area contributed by atoms with Gasteiger partial charge in [0.05, 0.1) is 25.4 Å². The number of allylic oxidation sites excluding steroid dienone is 7. The first kappa shape index (κ1) is 76.8. The Labute approximate surface area is 493 Å². The molecule has 6 nitrogen and oxygen atoms in total. The summed E-state index contributed by atoms with van der Waals surface area (Å²) >= 11 is 0. The first-order chi connectivity index (χ1) is 39.0. The molecule has 6 heteroatoms. The maximum Gasteiger partial charge on any atom is 0.305 e. The molecule has 0 aliphatic rings. The predicted molar refractivity (Wildman–Crippen MR) is 347 cm³/mol. The standard InChI is InChI=1S/C73H137NO5/c1-3-5-7-9-11-13-15-17-19-21-23-27-30-33-37-41-45-49-53-57-61-65-71(76)70(69-75)74-72(77)66-62-58-54-50-46-42-38-34-31-28-25-24-26-29-32-36-40-44-48-52-56-60-64-68-79-73(78)67-63-59-55-51-47-43-39-35-22-20-18-16-14-12-10-8-6-4-2/h20,22,24,26,28,31,61,65,70-71,75-76H,3-19,21,23,25,27,29-30,32-60,62-64,66-69H2,1-2H3,(H,74,77)/b22-20-,26-24-,31-28-,65-61+. The van der Waals surface area contributed by atoms with E-state index in [2.05, 4.69) is 55.6 Å². The number of aliphatic hydroxyl groups is 2. The van der Waals surface area contributed by atoms with Gasteiger partial charge in [-0.05, 0) is 89.9 Å². The van der Waals surface area contributed by atoms with Crippen LogP contribution in [0.3, 0.4) is 0 Å². The number of carbonyl (C=O) groups excluding carboxylic acids is 2. The van der Waals surface area contributed by atoms with E-state index in [1.165, 1.54) is 289 Å². The molecule has 0 saturated carbocycles. The summed E-state index contributed by atoms with van der Waals surface area (Å²) < 4.78 is 5.50. The van der Waals surface area contributed by atoms with Gasteiger partial charge in [-0.25, -0.2) is 0 Å². The topological polar surface area (TPSA) is 95.9 Å². The minimum Gasteiger partial charge on any atom is -0.466 e. The van der Waals surface area contributed by atoms with Crippen molar-refractivity contribution in [1.29, 1.82) is 0 Å². The molecule has 0 saturated heterocycles. The fraction of sp³-hybridized carbons (Fsp3) is 0.863. The lowest BCUT2D eigenvalue weighted by atomic mass is 10.0. The Kier molecular flexibility index (Phi) is 66.4. The van der Waals surface area contributed by atoms with Crippen LogP contribution in [0.25, 0.3) is 0 Å². The second-order valence-corrected chi connectivity index (χ2v) is 24.2. The summed E-state index contributed by atoms with van der Waals surface area (Å²) in [4.78, 5) is 24.6. The first-order valence-electron chi connectivity index (χ1n) is 35.4. The number of ether oxygens (including phenoxy) is 1. The maximum absolute atomic E-state index is 12.5. The molecule has 0 radical (unpaired) electrons. The zero-order valence-electron chi connectivity index (χ0n) is 53.1. The van der Waals surface area contributed by atoms with Crippen LogP contribution >= 0.6 is 0 Å². The fourth-order valence-corrected chi connectivity index (χ4v) is 10.9. The summed E-state index contributed by atoms with van der Waals surface area (Å²) in [5.74, 6) is -0.0717. The number of carbonyl (C=O) groups is 2. The van der Waals surface area contributed by atoms with E-state index in [0.717, 1.165) is 64.2 Å². The third kappa shape index (κ3) is 64.8. The van der Waals surface area contributed by atoms with Crippen LogP contribution in [0.2, 0.25) is 0 Å². The summed E-state index contributed by atoms with van der Waals surface area (Å²) in [7, 11) is 0. The van der Waals surface area contributed by atoms with Gasteiger partial charge in [0.15, 0.2) is 0 Å². The minimum atomic E-state index is -0.853. The van der Waals surface area contributed by atoms with Crippen LogP contribution in [0.1, 0.15) is 380 Å². The van der Waals surface area contributed by atoms with Gasteiger partial charge in [0, 0.05) is 12.8 Å². The Bertz CT molecular complexity index is 1320. The van der Waals surface area contributed by atoms with Crippen molar-refractivity contribution in [3.63, 3.8) is 0 Å². The lowest BCUT2D eigenvalue weighted by Crippen LogP contribution is -2.45. The van der Waals surface area contributed by atoms with Crippen molar-refractivity contribution in [2.24, 2.45) is 0 Å². The van der Waals surface area contributed by atoms with Crippen molar-refractivity contribution in [2.45, 2.75) is 392 Å². The Balaban J connectivity index is 3.47. The van der Waals surface area contributed by atoms with Gasteiger partial charge in [0.2, 0.25) is 5.91 Å². The number of esters is 1. The highest BCUT2D eigenvalue weighted by atomic mass is 16.5. The highest BCUT2D eigenvalue weighted by molar-refractivity contribution is 5.76. The number of aliphatic hydroxyl groups excluding tert-OH is 2. The molecule has 0 bridgehead atoms. The molecule has 0 rings (SSSR count). The molecule has 3 N–H and O–H groups in total. The maximum atomic E-state index is 12.5. The van der Waals surface area contributed by atoms with Crippen LogP contribution in [0, 0.1) is 0 Å². The molecule has 0 aliphatic carbocycles. The Morgan fingerprint density at radius 1 is 0.354 bits per heavy atom. The van der Waals surface area contributed by atoms with Crippen LogP contribution in [0.5, 0.6) is 0 Å². The van der Waals surface area contributed by atoms with Gasteiger partial charge >= 0.3 is 5.97 Å². The molecule has 2 atom stereocenters. The Hall–Kier alpha value is -2.18. The first-order valence-corrected chi connectivity index (χ1v) is 35.4. The minimum absolute atomic E-state index is 0.00392. The van der Waals surface area contributed by atoms with E-state index in [1.54, 1.807) is 6.08 Å². The number of hydrogen-bond donors (Lipinski definition) is 3. The summed E-state index contributed by atoms with van der Waals surface area (Å²) in [5, 5.41) is 23.2. The van der Waals surface area contributed by atoms with Crippen LogP contribution in [0.15, 0.2) is 48.6 Å².